The third kappa shape index (κ3) is 2.51. The van der Waals surface area contributed by atoms with Gasteiger partial charge in [-0.05, 0) is 18.8 Å². The standard InChI is InChI=1S/C16H18N8S/c17-13-10(5-19-16(18)22-13)15-21-12-9-6-20-23-14(9)24(7-8-1-2-8)4-3-11(12)25-15/h5-6,8H,1-4,7H2,(H,20,23)(H4,17,18,19,22). The molecule has 0 radical (unpaired) electrons. The van der Waals surface area contributed by atoms with Crippen molar-refractivity contribution >= 4 is 28.9 Å². The molecule has 9 heteroatoms. The molecule has 4 heterocycles. The molecule has 1 fully saturated rings. The number of hydrogen-bond donors (Lipinski definition) is 3. The highest BCUT2D eigenvalue weighted by Gasteiger charge is 2.30. The largest absolute Gasteiger partial charge is 0.383 e. The van der Waals surface area contributed by atoms with Crippen molar-refractivity contribution in [3.05, 3.63) is 17.3 Å². The van der Waals surface area contributed by atoms with Gasteiger partial charge in [0.2, 0.25) is 5.95 Å². The molecule has 0 amide bonds. The minimum atomic E-state index is 0.173. The lowest BCUT2D eigenvalue weighted by molar-refractivity contribution is 0.712. The zero-order valence-corrected chi connectivity index (χ0v) is 14.4. The molecule has 5 N–H and O–H groups in total. The Morgan fingerprint density at radius 2 is 2.08 bits per heavy atom. The van der Waals surface area contributed by atoms with Gasteiger partial charge in [-0.1, -0.05) is 0 Å². The topological polar surface area (TPSA) is 123 Å². The molecule has 5 rings (SSSR count). The summed E-state index contributed by atoms with van der Waals surface area (Å²) in [5.74, 6) is 2.43. The van der Waals surface area contributed by atoms with Gasteiger partial charge in [0, 0.05) is 30.6 Å². The molecule has 2 aliphatic rings. The molecule has 3 aromatic rings. The number of nitrogens with one attached hydrogen (secondary N) is 1. The normalized spacial score (nSPS) is 16.4. The molecule has 1 aliphatic heterocycles. The van der Waals surface area contributed by atoms with Gasteiger partial charge in [0.25, 0.3) is 0 Å². The van der Waals surface area contributed by atoms with Crippen LogP contribution in [0.5, 0.6) is 0 Å². The lowest BCUT2D eigenvalue weighted by atomic mass is 10.2. The van der Waals surface area contributed by atoms with E-state index in [9.17, 15) is 0 Å². The summed E-state index contributed by atoms with van der Waals surface area (Å²) in [5.41, 5.74) is 14.4. The van der Waals surface area contributed by atoms with Gasteiger partial charge in [-0.25, -0.2) is 9.97 Å². The molecule has 128 valence electrons. The molecule has 0 bridgehead atoms. The van der Waals surface area contributed by atoms with E-state index >= 15 is 0 Å². The second-order valence-electron chi connectivity index (χ2n) is 6.59. The highest BCUT2D eigenvalue weighted by atomic mass is 32.1. The number of anilines is 3. The van der Waals surface area contributed by atoms with E-state index in [2.05, 4.69) is 25.1 Å². The van der Waals surface area contributed by atoms with Crippen LogP contribution in [0.3, 0.4) is 0 Å². The Bertz CT molecular complexity index is 942. The molecule has 1 saturated carbocycles. The first-order valence-corrected chi connectivity index (χ1v) is 9.17. The maximum Gasteiger partial charge on any atom is 0.221 e. The number of hydrogen-bond acceptors (Lipinski definition) is 8. The van der Waals surface area contributed by atoms with E-state index in [1.54, 1.807) is 17.5 Å². The van der Waals surface area contributed by atoms with Gasteiger partial charge in [-0.2, -0.15) is 10.1 Å². The fourth-order valence-electron chi connectivity index (χ4n) is 3.26. The maximum atomic E-state index is 6.01. The van der Waals surface area contributed by atoms with Crippen LogP contribution in [0.1, 0.15) is 17.7 Å². The summed E-state index contributed by atoms with van der Waals surface area (Å²) in [7, 11) is 0. The van der Waals surface area contributed by atoms with Crippen molar-refractivity contribution in [2.75, 3.05) is 29.5 Å². The molecule has 0 spiro atoms. The Morgan fingerprint density at radius 3 is 2.88 bits per heavy atom. The zero-order chi connectivity index (χ0) is 17.0. The minimum Gasteiger partial charge on any atom is -0.383 e. The van der Waals surface area contributed by atoms with Crippen LogP contribution in [0.4, 0.5) is 17.6 Å². The van der Waals surface area contributed by atoms with Gasteiger partial charge >= 0.3 is 0 Å². The van der Waals surface area contributed by atoms with E-state index in [1.807, 2.05) is 6.20 Å². The first kappa shape index (κ1) is 14.6. The molecular formula is C16H18N8S. The van der Waals surface area contributed by atoms with Crippen molar-refractivity contribution in [2.24, 2.45) is 5.92 Å². The van der Waals surface area contributed by atoms with Gasteiger partial charge in [-0.15, -0.1) is 11.3 Å². The van der Waals surface area contributed by atoms with E-state index in [0.717, 1.165) is 53.1 Å². The Balaban J connectivity index is 1.56. The third-order valence-corrected chi connectivity index (χ3v) is 5.89. The lowest BCUT2D eigenvalue weighted by Gasteiger charge is -2.21. The Hall–Kier alpha value is -2.68. The smallest absolute Gasteiger partial charge is 0.221 e. The average molecular weight is 354 g/mol. The SMILES string of the molecule is Nc1ncc(-c2nc3c(s2)CCN(CC2CC2)c2[nH]ncc2-3)c(N)n1. The van der Waals surface area contributed by atoms with Crippen molar-refractivity contribution in [1.82, 2.24) is 25.1 Å². The molecule has 0 aromatic carbocycles. The number of nitrogen functional groups attached to an aromatic ring is 2. The highest BCUT2D eigenvalue weighted by molar-refractivity contribution is 7.15. The van der Waals surface area contributed by atoms with Gasteiger partial charge in [-0.3, -0.25) is 5.10 Å². The van der Waals surface area contributed by atoms with Crippen molar-refractivity contribution in [3.8, 4) is 21.8 Å². The van der Waals surface area contributed by atoms with Crippen LogP contribution in [0.25, 0.3) is 21.8 Å². The number of nitrogens with two attached hydrogens (primary N) is 2. The van der Waals surface area contributed by atoms with E-state index in [1.165, 1.54) is 17.7 Å². The molecule has 1 aliphatic carbocycles. The summed E-state index contributed by atoms with van der Waals surface area (Å²) in [6.45, 7) is 2.06. The number of aromatic amines is 1. The van der Waals surface area contributed by atoms with Crippen molar-refractivity contribution in [1.29, 1.82) is 0 Å². The first-order valence-electron chi connectivity index (χ1n) is 8.36. The molecule has 0 saturated heterocycles. The van der Waals surface area contributed by atoms with Crippen molar-refractivity contribution in [3.63, 3.8) is 0 Å². The van der Waals surface area contributed by atoms with Crippen LogP contribution >= 0.6 is 11.3 Å². The zero-order valence-electron chi connectivity index (χ0n) is 13.6. The Kier molecular flexibility index (Phi) is 3.17. The lowest BCUT2D eigenvalue weighted by Crippen LogP contribution is -2.27. The Labute approximate surface area is 148 Å². The molecule has 25 heavy (non-hydrogen) atoms. The van der Waals surface area contributed by atoms with Crippen LogP contribution in [-0.4, -0.2) is 38.2 Å². The quantitative estimate of drug-likeness (QED) is 0.656. The summed E-state index contributed by atoms with van der Waals surface area (Å²) in [6, 6.07) is 0. The highest BCUT2D eigenvalue weighted by Crippen LogP contribution is 2.42. The third-order valence-electron chi connectivity index (χ3n) is 4.74. The fraction of sp³-hybridized carbons (Fsp3) is 0.375. The van der Waals surface area contributed by atoms with Crippen LogP contribution in [0.15, 0.2) is 12.4 Å². The fourth-order valence-corrected chi connectivity index (χ4v) is 4.34. The summed E-state index contributed by atoms with van der Waals surface area (Å²) in [6.07, 6.45) is 7.14. The predicted molar refractivity (Wildman–Crippen MR) is 98.2 cm³/mol. The van der Waals surface area contributed by atoms with Gasteiger partial charge in [0.05, 0.1) is 23.0 Å². The summed E-state index contributed by atoms with van der Waals surface area (Å²) >= 11 is 1.65. The van der Waals surface area contributed by atoms with E-state index < -0.39 is 0 Å². The van der Waals surface area contributed by atoms with Crippen LogP contribution in [0.2, 0.25) is 0 Å². The van der Waals surface area contributed by atoms with Gasteiger partial charge in [0.1, 0.15) is 16.6 Å². The summed E-state index contributed by atoms with van der Waals surface area (Å²) in [5, 5.41) is 8.25. The maximum absolute atomic E-state index is 6.01. The number of nitrogens with zero attached hydrogens (tertiary/aromatic N) is 5. The van der Waals surface area contributed by atoms with Crippen LogP contribution in [-0.2, 0) is 6.42 Å². The van der Waals surface area contributed by atoms with E-state index in [4.69, 9.17) is 16.5 Å². The second-order valence-corrected chi connectivity index (χ2v) is 7.67. The molecule has 3 aromatic heterocycles. The summed E-state index contributed by atoms with van der Waals surface area (Å²) < 4.78 is 0. The molecule has 8 nitrogen and oxygen atoms in total. The number of rotatable bonds is 3. The first-order chi connectivity index (χ1) is 12.2. The molecule has 0 unspecified atom stereocenters. The number of aromatic nitrogens is 5. The predicted octanol–water partition coefficient (Wildman–Crippen LogP) is 1.93. The number of fused-ring (bicyclic) bond motifs is 3. The Morgan fingerprint density at radius 1 is 1.20 bits per heavy atom. The van der Waals surface area contributed by atoms with Crippen LogP contribution in [0, 0.1) is 5.92 Å². The van der Waals surface area contributed by atoms with Crippen LogP contribution < -0.4 is 16.4 Å². The minimum absolute atomic E-state index is 0.173. The monoisotopic (exact) mass is 354 g/mol. The second kappa shape index (κ2) is 5.41. The molecular weight excluding hydrogens is 336 g/mol. The van der Waals surface area contributed by atoms with Gasteiger partial charge < -0.3 is 16.4 Å². The van der Waals surface area contributed by atoms with Crippen molar-refractivity contribution in [2.45, 2.75) is 19.3 Å². The van der Waals surface area contributed by atoms with E-state index in [0.29, 0.717) is 5.82 Å². The average Bonchev–Trinajstić information content (AvgIpc) is 3.15. The van der Waals surface area contributed by atoms with Gasteiger partial charge in [0.15, 0.2) is 0 Å². The van der Waals surface area contributed by atoms with E-state index in [-0.39, 0.29) is 5.95 Å². The van der Waals surface area contributed by atoms with Crippen molar-refractivity contribution < 1.29 is 0 Å². The number of thiazole rings is 1. The summed E-state index contributed by atoms with van der Waals surface area (Å²) in [4.78, 5) is 16.6. The number of H-pyrrole nitrogens is 1. The molecule has 0 atom stereocenters.